The van der Waals surface area contributed by atoms with E-state index in [1.807, 2.05) is 0 Å². The maximum atomic E-state index is 4.79. The van der Waals surface area contributed by atoms with Gasteiger partial charge in [-0.1, -0.05) is 66.7 Å². The lowest BCUT2D eigenvalue weighted by molar-refractivity contribution is 0.399. The number of para-hydroxylation sites is 2. The summed E-state index contributed by atoms with van der Waals surface area (Å²) in [5, 5.41) is 0. The molecule has 0 N–H and O–H groups in total. The average Bonchev–Trinajstić information content (AvgIpc) is 3.22. The fourth-order valence-electron chi connectivity index (χ4n) is 5.05. The summed E-state index contributed by atoms with van der Waals surface area (Å²) in [5.74, 6) is 0.186. The van der Waals surface area contributed by atoms with Crippen LogP contribution in [0.5, 0.6) is 0 Å². The Balaban J connectivity index is 1.76. The van der Waals surface area contributed by atoms with Crippen molar-refractivity contribution in [3.8, 4) is 0 Å². The lowest BCUT2D eigenvalue weighted by Crippen LogP contribution is -2.43. The normalized spacial score (nSPS) is 26.0. The minimum Gasteiger partial charge on any atom is -0.260 e. The molecule has 2 atom stereocenters. The smallest absolute Gasteiger partial charge is 0.0667 e. The molecule has 0 saturated heterocycles. The number of rotatable bonds is 3. The average molecular weight is 350 g/mol. The Morgan fingerprint density at radius 3 is 1.56 bits per heavy atom. The zero-order valence-electron chi connectivity index (χ0n) is 15.6. The fourth-order valence-corrected chi connectivity index (χ4v) is 5.05. The summed E-state index contributed by atoms with van der Waals surface area (Å²) in [6.07, 6.45) is 4.30. The van der Waals surface area contributed by atoms with Gasteiger partial charge in [0.25, 0.3) is 0 Å². The monoisotopic (exact) mass is 350 g/mol. The molecule has 0 fully saturated rings. The standard InChI is InChI=1S/C25H22N2/c1-24(16-26-21-14-8-6-12-19(21)24)23(18-10-4-3-5-11-18)25(2)17-27-22-15-9-7-13-20(22)25/h3-17,23H,1-2H3. The Bertz CT molecular complexity index is 999. The van der Waals surface area contributed by atoms with Crippen LogP contribution in [0, 0.1) is 0 Å². The van der Waals surface area contributed by atoms with Gasteiger partial charge in [0, 0.05) is 29.2 Å². The van der Waals surface area contributed by atoms with Crippen LogP contribution in [-0.4, -0.2) is 12.4 Å². The molecule has 2 aliphatic heterocycles. The van der Waals surface area contributed by atoms with Gasteiger partial charge in [0.05, 0.1) is 11.4 Å². The minimum atomic E-state index is -0.212. The van der Waals surface area contributed by atoms with Gasteiger partial charge in [-0.3, -0.25) is 9.98 Å². The summed E-state index contributed by atoms with van der Waals surface area (Å²) in [6, 6.07) is 27.8. The number of aliphatic imine (C=N–C) groups is 2. The zero-order chi connectivity index (χ0) is 18.5. The van der Waals surface area contributed by atoms with Crippen LogP contribution in [-0.2, 0) is 10.8 Å². The van der Waals surface area contributed by atoms with E-state index in [2.05, 4.69) is 105 Å². The Hall–Kier alpha value is -3.00. The molecule has 0 aromatic heterocycles. The second kappa shape index (κ2) is 5.75. The summed E-state index contributed by atoms with van der Waals surface area (Å²) >= 11 is 0. The predicted molar refractivity (Wildman–Crippen MR) is 113 cm³/mol. The van der Waals surface area contributed by atoms with Gasteiger partial charge in [-0.05, 0) is 42.7 Å². The van der Waals surface area contributed by atoms with Crippen LogP contribution in [0.3, 0.4) is 0 Å². The van der Waals surface area contributed by atoms with Crippen molar-refractivity contribution in [1.29, 1.82) is 0 Å². The number of nitrogens with zero attached hydrogens (tertiary/aromatic N) is 2. The molecule has 0 amide bonds. The first-order chi connectivity index (χ1) is 13.1. The molecule has 2 unspecified atom stereocenters. The first-order valence-electron chi connectivity index (χ1n) is 9.47. The third-order valence-corrected chi connectivity index (χ3v) is 6.24. The molecule has 0 aliphatic carbocycles. The van der Waals surface area contributed by atoms with Crippen LogP contribution < -0.4 is 0 Å². The molecular formula is C25H22N2. The summed E-state index contributed by atoms with van der Waals surface area (Å²) in [4.78, 5) is 9.58. The van der Waals surface area contributed by atoms with Crippen molar-refractivity contribution in [2.45, 2.75) is 30.6 Å². The van der Waals surface area contributed by atoms with Gasteiger partial charge < -0.3 is 0 Å². The van der Waals surface area contributed by atoms with Crippen LogP contribution in [0.15, 0.2) is 88.8 Å². The molecular weight excluding hydrogens is 328 g/mol. The molecule has 0 bridgehead atoms. The highest BCUT2D eigenvalue weighted by molar-refractivity contribution is 5.92. The van der Waals surface area contributed by atoms with Crippen LogP contribution in [0.25, 0.3) is 0 Å². The number of benzene rings is 3. The van der Waals surface area contributed by atoms with Crippen molar-refractivity contribution >= 4 is 23.8 Å². The molecule has 2 nitrogen and oxygen atoms in total. The SMILES string of the molecule is CC1(C(c2ccccc2)C2(C)C=Nc3ccccc32)C=Nc2ccccc21. The van der Waals surface area contributed by atoms with E-state index in [1.54, 1.807) is 0 Å². The van der Waals surface area contributed by atoms with E-state index >= 15 is 0 Å². The van der Waals surface area contributed by atoms with E-state index in [0.29, 0.717) is 0 Å². The van der Waals surface area contributed by atoms with Crippen LogP contribution >= 0.6 is 0 Å². The number of hydrogen-bond donors (Lipinski definition) is 0. The highest BCUT2D eigenvalue weighted by Crippen LogP contribution is 2.56. The molecule has 2 heteroatoms. The van der Waals surface area contributed by atoms with E-state index in [-0.39, 0.29) is 16.7 Å². The van der Waals surface area contributed by atoms with Crippen molar-refractivity contribution in [1.82, 2.24) is 0 Å². The molecule has 3 aromatic rings. The lowest BCUT2D eigenvalue weighted by atomic mass is 9.57. The maximum absolute atomic E-state index is 4.79. The van der Waals surface area contributed by atoms with Gasteiger partial charge in [-0.25, -0.2) is 0 Å². The van der Waals surface area contributed by atoms with Crippen LogP contribution in [0.4, 0.5) is 11.4 Å². The van der Waals surface area contributed by atoms with Crippen molar-refractivity contribution in [3.63, 3.8) is 0 Å². The van der Waals surface area contributed by atoms with Crippen molar-refractivity contribution in [3.05, 3.63) is 95.6 Å². The largest absolute Gasteiger partial charge is 0.260 e. The maximum Gasteiger partial charge on any atom is 0.0667 e. The lowest BCUT2D eigenvalue weighted by Gasteiger charge is -2.43. The second-order valence-corrected chi connectivity index (χ2v) is 7.96. The van der Waals surface area contributed by atoms with E-state index in [4.69, 9.17) is 9.98 Å². The van der Waals surface area contributed by atoms with Gasteiger partial charge >= 0.3 is 0 Å². The molecule has 27 heavy (non-hydrogen) atoms. The molecule has 0 spiro atoms. The number of fused-ring (bicyclic) bond motifs is 2. The second-order valence-electron chi connectivity index (χ2n) is 7.96. The van der Waals surface area contributed by atoms with Crippen molar-refractivity contribution in [2.24, 2.45) is 9.98 Å². The van der Waals surface area contributed by atoms with Gasteiger partial charge in [0.2, 0.25) is 0 Å². The van der Waals surface area contributed by atoms with E-state index in [9.17, 15) is 0 Å². The van der Waals surface area contributed by atoms with E-state index < -0.39 is 0 Å². The number of hydrogen-bond acceptors (Lipinski definition) is 2. The molecule has 2 heterocycles. The Morgan fingerprint density at radius 2 is 1.04 bits per heavy atom. The molecule has 3 aromatic carbocycles. The zero-order valence-corrected chi connectivity index (χ0v) is 15.6. The fraction of sp³-hybridized carbons (Fsp3) is 0.200. The van der Waals surface area contributed by atoms with Gasteiger partial charge in [-0.15, -0.1) is 0 Å². The predicted octanol–water partition coefficient (Wildman–Crippen LogP) is 6.12. The molecule has 0 radical (unpaired) electrons. The van der Waals surface area contributed by atoms with Crippen molar-refractivity contribution in [2.75, 3.05) is 0 Å². The Kier molecular flexibility index (Phi) is 3.45. The molecule has 132 valence electrons. The van der Waals surface area contributed by atoms with E-state index in [1.165, 1.54) is 16.7 Å². The summed E-state index contributed by atoms with van der Waals surface area (Å²) in [6.45, 7) is 4.64. The third kappa shape index (κ3) is 2.26. The van der Waals surface area contributed by atoms with Crippen LogP contribution in [0.1, 0.15) is 36.5 Å². The topological polar surface area (TPSA) is 24.7 Å². The molecule has 5 rings (SSSR count). The minimum absolute atomic E-state index is 0.186. The third-order valence-electron chi connectivity index (χ3n) is 6.24. The van der Waals surface area contributed by atoms with E-state index in [0.717, 1.165) is 11.4 Å². The highest BCUT2D eigenvalue weighted by Gasteiger charge is 2.51. The van der Waals surface area contributed by atoms with Crippen molar-refractivity contribution < 1.29 is 0 Å². The highest BCUT2D eigenvalue weighted by atomic mass is 14.8. The van der Waals surface area contributed by atoms with Gasteiger partial charge in [-0.2, -0.15) is 0 Å². The Labute approximate surface area is 160 Å². The summed E-state index contributed by atoms with van der Waals surface area (Å²) in [7, 11) is 0. The van der Waals surface area contributed by atoms with Gasteiger partial charge in [0.15, 0.2) is 0 Å². The van der Waals surface area contributed by atoms with Crippen LogP contribution in [0.2, 0.25) is 0 Å². The molecule has 0 saturated carbocycles. The molecule has 2 aliphatic rings. The van der Waals surface area contributed by atoms with Gasteiger partial charge in [0.1, 0.15) is 0 Å². The summed E-state index contributed by atoms with van der Waals surface area (Å²) in [5.41, 5.74) is 5.62. The first-order valence-corrected chi connectivity index (χ1v) is 9.47. The summed E-state index contributed by atoms with van der Waals surface area (Å²) < 4.78 is 0. The Morgan fingerprint density at radius 1 is 0.593 bits per heavy atom. The quantitative estimate of drug-likeness (QED) is 0.544. The first kappa shape index (κ1) is 16.2.